The van der Waals surface area contributed by atoms with Crippen LogP contribution in [0.1, 0.15) is 30.8 Å². The fraction of sp³-hybridized carbons (Fsp3) is 0.400. The van der Waals surface area contributed by atoms with Crippen LogP contribution in [0.5, 0.6) is 0 Å². The lowest BCUT2D eigenvalue weighted by Crippen LogP contribution is -2.37. The van der Waals surface area contributed by atoms with Crippen molar-refractivity contribution in [1.29, 1.82) is 0 Å². The van der Waals surface area contributed by atoms with E-state index in [0.29, 0.717) is 18.2 Å². The first-order valence-corrected chi connectivity index (χ1v) is 7.02. The van der Waals surface area contributed by atoms with Gasteiger partial charge in [-0.15, -0.1) is 11.6 Å². The summed E-state index contributed by atoms with van der Waals surface area (Å²) in [6, 6.07) is 9.56. The highest BCUT2D eigenvalue weighted by Gasteiger charge is 2.21. The molecule has 0 aliphatic heterocycles. The van der Waals surface area contributed by atoms with Gasteiger partial charge in [-0.25, -0.2) is 0 Å². The van der Waals surface area contributed by atoms with E-state index in [9.17, 15) is 4.79 Å². The van der Waals surface area contributed by atoms with Crippen molar-refractivity contribution in [3.8, 4) is 0 Å². The first kappa shape index (κ1) is 13.9. The molecule has 0 fully saturated rings. The van der Waals surface area contributed by atoms with Gasteiger partial charge in [0, 0.05) is 23.9 Å². The summed E-state index contributed by atoms with van der Waals surface area (Å²) in [5.74, 6) is 0.872. The van der Waals surface area contributed by atoms with Gasteiger partial charge in [0.05, 0.1) is 0 Å². The molecule has 0 aliphatic carbocycles. The Kier molecular flexibility index (Phi) is 4.48. The molecule has 0 unspecified atom stereocenters. The fourth-order valence-corrected chi connectivity index (χ4v) is 2.17. The van der Waals surface area contributed by atoms with E-state index in [1.807, 2.05) is 38.1 Å². The Bertz CT molecular complexity index is 529. The van der Waals surface area contributed by atoms with E-state index in [1.54, 1.807) is 11.0 Å². The van der Waals surface area contributed by atoms with Crippen LogP contribution in [0.25, 0.3) is 11.0 Å². The van der Waals surface area contributed by atoms with E-state index < -0.39 is 0 Å². The summed E-state index contributed by atoms with van der Waals surface area (Å²) in [4.78, 5) is 14.2. The van der Waals surface area contributed by atoms with Crippen LogP contribution in [0.3, 0.4) is 0 Å². The van der Waals surface area contributed by atoms with Crippen molar-refractivity contribution in [2.75, 3.05) is 12.4 Å². The lowest BCUT2D eigenvalue weighted by molar-refractivity contribution is 0.0676. The lowest BCUT2D eigenvalue weighted by Gasteiger charge is -2.25. The maximum Gasteiger partial charge on any atom is 0.289 e. The summed E-state index contributed by atoms with van der Waals surface area (Å²) in [6.45, 7) is 4.64. The molecule has 0 spiro atoms. The Morgan fingerprint density at radius 3 is 2.74 bits per heavy atom. The van der Waals surface area contributed by atoms with Crippen LogP contribution < -0.4 is 0 Å². The minimum Gasteiger partial charge on any atom is -0.451 e. The van der Waals surface area contributed by atoms with Crippen molar-refractivity contribution in [3.05, 3.63) is 36.1 Å². The molecule has 0 atom stereocenters. The fourth-order valence-electron chi connectivity index (χ4n) is 2.05. The maximum absolute atomic E-state index is 12.5. The number of hydrogen-bond acceptors (Lipinski definition) is 2. The summed E-state index contributed by atoms with van der Waals surface area (Å²) in [7, 11) is 0. The highest BCUT2D eigenvalue weighted by atomic mass is 35.5. The predicted octanol–water partition coefficient (Wildman–Crippen LogP) is 3.91. The van der Waals surface area contributed by atoms with Crippen molar-refractivity contribution >= 4 is 28.5 Å². The highest BCUT2D eigenvalue weighted by molar-refractivity contribution is 6.17. The molecule has 102 valence electrons. The third-order valence-corrected chi connectivity index (χ3v) is 3.32. The second kappa shape index (κ2) is 6.11. The van der Waals surface area contributed by atoms with E-state index >= 15 is 0 Å². The van der Waals surface area contributed by atoms with E-state index in [-0.39, 0.29) is 11.9 Å². The number of carbonyl (C=O) groups excluding carboxylic acids is 1. The van der Waals surface area contributed by atoms with Gasteiger partial charge in [-0.2, -0.15) is 0 Å². The van der Waals surface area contributed by atoms with Gasteiger partial charge in [-0.3, -0.25) is 4.79 Å². The largest absolute Gasteiger partial charge is 0.451 e. The zero-order valence-corrected chi connectivity index (χ0v) is 12.0. The highest BCUT2D eigenvalue weighted by Crippen LogP contribution is 2.20. The molecule has 1 aromatic heterocycles. The Hall–Kier alpha value is -1.48. The van der Waals surface area contributed by atoms with Gasteiger partial charge in [0.25, 0.3) is 5.91 Å². The van der Waals surface area contributed by atoms with Gasteiger partial charge >= 0.3 is 0 Å². The van der Waals surface area contributed by atoms with Crippen LogP contribution in [0.15, 0.2) is 34.7 Å². The van der Waals surface area contributed by atoms with Crippen LogP contribution in [-0.4, -0.2) is 29.3 Å². The predicted molar refractivity (Wildman–Crippen MR) is 77.7 cm³/mol. The van der Waals surface area contributed by atoms with Crippen molar-refractivity contribution < 1.29 is 9.21 Å². The van der Waals surface area contributed by atoms with Gasteiger partial charge in [0.2, 0.25) is 0 Å². The van der Waals surface area contributed by atoms with Gasteiger partial charge in [-0.05, 0) is 32.4 Å². The molecule has 1 aromatic carbocycles. The number of hydrogen-bond donors (Lipinski definition) is 0. The van der Waals surface area contributed by atoms with Crippen LogP contribution >= 0.6 is 11.6 Å². The maximum atomic E-state index is 12.5. The smallest absolute Gasteiger partial charge is 0.289 e. The molecular formula is C15H18ClNO2. The number of carbonyl (C=O) groups is 1. The number of nitrogens with zero attached hydrogens (tertiary/aromatic N) is 1. The topological polar surface area (TPSA) is 33.5 Å². The molecule has 0 radical (unpaired) electrons. The molecule has 0 bridgehead atoms. The summed E-state index contributed by atoms with van der Waals surface area (Å²) in [6.07, 6.45) is 0.783. The zero-order chi connectivity index (χ0) is 13.8. The van der Waals surface area contributed by atoms with Gasteiger partial charge < -0.3 is 9.32 Å². The summed E-state index contributed by atoms with van der Waals surface area (Å²) < 4.78 is 5.62. The van der Waals surface area contributed by atoms with E-state index in [1.165, 1.54) is 0 Å². The third kappa shape index (κ3) is 3.10. The molecule has 4 heteroatoms. The first-order chi connectivity index (χ1) is 9.13. The average Bonchev–Trinajstić information content (AvgIpc) is 2.82. The molecule has 3 nitrogen and oxygen atoms in total. The van der Waals surface area contributed by atoms with Gasteiger partial charge in [-0.1, -0.05) is 18.2 Å². The normalized spacial score (nSPS) is 11.2. The van der Waals surface area contributed by atoms with E-state index in [4.69, 9.17) is 16.0 Å². The van der Waals surface area contributed by atoms with Crippen molar-refractivity contribution in [2.24, 2.45) is 0 Å². The zero-order valence-electron chi connectivity index (χ0n) is 11.2. The Morgan fingerprint density at radius 1 is 1.37 bits per heavy atom. The third-order valence-electron chi connectivity index (χ3n) is 3.05. The summed E-state index contributed by atoms with van der Waals surface area (Å²) >= 11 is 5.70. The number of amides is 1. The molecular weight excluding hydrogens is 262 g/mol. The number of benzene rings is 1. The minimum atomic E-state index is -0.0729. The van der Waals surface area contributed by atoms with Crippen molar-refractivity contribution in [3.63, 3.8) is 0 Å². The Morgan fingerprint density at radius 2 is 2.11 bits per heavy atom. The Labute approximate surface area is 118 Å². The molecule has 2 rings (SSSR count). The molecule has 2 aromatic rings. The van der Waals surface area contributed by atoms with Crippen LogP contribution in [0, 0.1) is 0 Å². The first-order valence-electron chi connectivity index (χ1n) is 6.49. The Balaban J connectivity index is 2.25. The molecule has 0 saturated heterocycles. The molecule has 0 N–H and O–H groups in total. The number of alkyl halides is 1. The number of furan rings is 1. The summed E-state index contributed by atoms with van der Waals surface area (Å²) in [5, 5.41) is 0.951. The van der Waals surface area contributed by atoms with Gasteiger partial charge in [0.1, 0.15) is 5.58 Å². The number of fused-ring (bicyclic) bond motifs is 1. The number of rotatable bonds is 5. The lowest BCUT2D eigenvalue weighted by atomic mass is 10.2. The monoisotopic (exact) mass is 279 g/mol. The SMILES string of the molecule is CC(C)N(CCCCl)C(=O)c1cc2ccccc2o1. The van der Waals surface area contributed by atoms with Crippen LogP contribution in [0.4, 0.5) is 0 Å². The standard InChI is InChI=1S/C15H18ClNO2/c1-11(2)17(9-5-8-16)15(18)14-10-12-6-3-4-7-13(12)19-14/h3-4,6-7,10-11H,5,8-9H2,1-2H3. The van der Waals surface area contributed by atoms with E-state index in [2.05, 4.69) is 0 Å². The molecule has 0 saturated carbocycles. The number of halogens is 1. The molecule has 1 heterocycles. The molecule has 19 heavy (non-hydrogen) atoms. The van der Waals surface area contributed by atoms with E-state index in [0.717, 1.165) is 17.4 Å². The second-order valence-electron chi connectivity index (χ2n) is 4.78. The number of para-hydroxylation sites is 1. The molecule has 1 amide bonds. The minimum absolute atomic E-state index is 0.0729. The average molecular weight is 280 g/mol. The van der Waals surface area contributed by atoms with Crippen LogP contribution in [-0.2, 0) is 0 Å². The summed E-state index contributed by atoms with van der Waals surface area (Å²) in [5.41, 5.74) is 0.742. The van der Waals surface area contributed by atoms with Gasteiger partial charge in [0.15, 0.2) is 5.76 Å². The van der Waals surface area contributed by atoms with Crippen LogP contribution in [0.2, 0.25) is 0 Å². The quantitative estimate of drug-likeness (QED) is 0.778. The second-order valence-corrected chi connectivity index (χ2v) is 5.16. The van der Waals surface area contributed by atoms with Crippen molar-refractivity contribution in [1.82, 2.24) is 4.90 Å². The van der Waals surface area contributed by atoms with Crippen molar-refractivity contribution in [2.45, 2.75) is 26.3 Å². The molecule has 0 aliphatic rings.